The van der Waals surface area contributed by atoms with Crippen molar-refractivity contribution >= 4 is 26.8 Å². The normalized spacial score (nSPS) is 11.4. The van der Waals surface area contributed by atoms with Crippen molar-refractivity contribution in [3.05, 3.63) is 40.1 Å². The lowest BCUT2D eigenvalue weighted by Crippen LogP contribution is -2.10. The third-order valence-electron chi connectivity index (χ3n) is 3.58. The summed E-state index contributed by atoms with van der Waals surface area (Å²) in [5.74, 6) is 0. The molecule has 2 N–H and O–H groups in total. The Kier molecular flexibility index (Phi) is 3.40. The zero-order valence-corrected chi connectivity index (χ0v) is 13.4. The van der Waals surface area contributed by atoms with Crippen LogP contribution < -0.4 is 5.32 Å². The molecule has 20 heavy (non-hydrogen) atoms. The quantitative estimate of drug-likeness (QED) is 0.772. The molecule has 3 rings (SSSR count). The van der Waals surface area contributed by atoms with Gasteiger partial charge in [0, 0.05) is 35.8 Å². The molecule has 1 aromatic carbocycles. The predicted molar refractivity (Wildman–Crippen MR) is 85.7 cm³/mol. The highest BCUT2D eigenvalue weighted by Crippen LogP contribution is 2.36. The fourth-order valence-corrected chi connectivity index (χ4v) is 3.31. The lowest BCUT2D eigenvalue weighted by Gasteiger charge is -2.00. The number of H-pyrrole nitrogens is 1. The number of halogens is 1. The molecular weight excluding hydrogens is 316 g/mol. The number of rotatable bonds is 3. The third-order valence-corrected chi connectivity index (χ3v) is 4.41. The number of aryl methyl sites for hydroxylation is 2. The highest BCUT2D eigenvalue weighted by Gasteiger charge is 2.19. The van der Waals surface area contributed by atoms with Crippen LogP contribution in [0.1, 0.15) is 11.4 Å². The summed E-state index contributed by atoms with van der Waals surface area (Å²) in [6.45, 7) is 2.87. The van der Waals surface area contributed by atoms with E-state index < -0.39 is 0 Å². The zero-order chi connectivity index (χ0) is 14.3. The average Bonchev–Trinajstić information content (AvgIpc) is 2.89. The van der Waals surface area contributed by atoms with Gasteiger partial charge in [0.1, 0.15) is 5.69 Å². The smallest absolute Gasteiger partial charge is 0.109 e. The standard InChI is InChI=1S/C15H17BrN4/c1-9-13(10-6-4-5-7-11(10)18-9)15-14(16)12(8-17-2)20(3)19-15/h4-7,17-18H,8H2,1-3H3. The van der Waals surface area contributed by atoms with E-state index in [1.807, 2.05) is 24.8 Å². The number of para-hydroxylation sites is 1. The fourth-order valence-electron chi connectivity index (χ4n) is 2.63. The molecule has 0 amide bonds. The van der Waals surface area contributed by atoms with E-state index in [0.717, 1.165) is 33.6 Å². The molecule has 2 heterocycles. The number of fused-ring (bicyclic) bond motifs is 1. The van der Waals surface area contributed by atoms with Crippen molar-refractivity contribution in [1.82, 2.24) is 20.1 Å². The average molecular weight is 333 g/mol. The Hall–Kier alpha value is -1.59. The minimum atomic E-state index is 0.783. The number of aromatic amines is 1. The summed E-state index contributed by atoms with van der Waals surface area (Å²) < 4.78 is 2.99. The van der Waals surface area contributed by atoms with Crippen molar-refractivity contribution in [2.45, 2.75) is 13.5 Å². The Labute approximate surface area is 126 Å². The Morgan fingerprint density at radius 3 is 2.85 bits per heavy atom. The van der Waals surface area contributed by atoms with Gasteiger partial charge in [0.05, 0.1) is 10.2 Å². The molecule has 0 bridgehead atoms. The molecule has 0 aliphatic heterocycles. The Balaban J connectivity index is 2.26. The summed E-state index contributed by atoms with van der Waals surface area (Å²) >= 11 is 3.71. The molecule has 2 aromatic heterocycles. The Morgan fingerprint density at radius 1 is 1.35 bits per heavy atom. The maximum atomic E-state index is 4.69. The summed E-state index contributed by atoms with van der Waals surface area (Å²) in [5, 5.41) is 9.08. The zero-order valence-electron chi connectivity index (χ0n) is 11.8. The topological polar surface area (TPSA) is 45.6 Å². The summed E-state index contributed by atoms with van der Waals surface area (Å²) in [5.41, 5.74) is 5.60. The van der Waals surface area contributed by atoms with Gasteiger partial charge in [0.2, 0.25) is 0 Å². The van der Waals surface area contributed by atoms with Gasteiger partial charge >= 0.3 is 0 Å². The monoisotopic (exact) mass is 332 g/mol. The first-order valence-electron chi connectivity index (χ1n) is 6.57. The van der Waals surface area contributed by atoms with E-state index in [0.29, 0.717) is 0 Å². The van der Waals surface area contributed by atoms with Crippen LogP contribution in [0, 0.1) is 6.92 Å². The molecule has 0 aliphatic carbocycles. The van der Waals surface area contributed by atoms with Gasteiger partial charge in [-0.25, -0.2) is 0 Å². The maximum absolute atomic E-state index is 4.69. The molecule has 0 saturated heterocycles. The number of nitrogens with one attached hydrogen (secondary N) is 2. The molecule has 0 unspecified atom stereocenters. The van der Waals surface area contributed by atoms with Crippen molar-refractivity contribution < 1.29 is 0 Å². The van der Waals surface area contributed by atoms with Crippen LogP contribution in [-0.2, 0) is 13.6 Å². The number of benzene rings is 1. The molecule has 0 fully saturated rings. The van der Waals surface area contributed by atoms with Crippen LogP contribution in [0.4, 0.5) is 0 Å². The molecule has 104 valence electrons. The van der Waals surface area contributed by atoms with E-state index in [9.17, 15) is 0 Å². The molecular formula is C15H17BrN4. The fraction of sp³-hybridized carbons (Fsp3) is 0.267. The number of aromatic nitrogens is 3. The van der Waals surface area contributed by atoms with Crippen molar-refractivity contribution in [3.8, 4) is 11.3 Å². The van der Waals surface area contributed by atoms with Crippen LogP contribution in [0.25, 0.3) is 22.2 Å². The first-order chi connectivity index (χ1) is 9.63. The van der Waals surface area contributed by atoms with E-state index in [1.54, 1.807) is 0 Å². The van der Waals surface area contributed by atoms with Gasteiger partial charge in [-0.2, -0.15) is 5.10 Å². The summed E-state index contributed by atoms with van der Waals surface area (Å²) in [6, 6.07) is 8.33. The predicted octanol–water partition coefficient (Wildman–Crippen LogP) is 3.36. The van der Waals surface area contributed by atoms with Crippen LogP contribution >= 0.6 is 15.9 Å². The second-order valence-corrected chi connectivity index (χ2v) is 5.73. The van der Waals surface area contributed by atoms with Gasteiger partial charge in [-0.15, -0.1) is 0 Å². The Bertz CT molecular complexity index is 770. The third kappa shape index (κ3) is 1.98. The summed E-state index contributed by atoms with van der Waals surface area (Å²) in [6.07, 6.45) is 0. The van der Waals surface area contributed by atoms with Crippen molar-refractivity contribution in [3.63, 3.8) is 0 Å². The number of hydrogen-bond donors (Lipinski definition) is 2. The number of hydrogen-bond acceptors (Lipinski definition) is 2. The van der Waals surface area contributed by atoms with Crippen LogP contribution in [0.2, 0.25) is 0 Å². The molecule has 0 spiro atoms. The van der Waals surface area contributed by atoms with Crippen molar-refractivity contribution in [1.29, 1.82) is 0 Å². The molecule has 0 saturated carbocycles. The lowest BCUT2D eigenvalue weighted by atomic mass is 10.1. The van der Waals surface area contributed by atoms with Crippen LogP contribution in [0.5, 0.6) is 0 Å². The van der Waals surface area contributed by atoms with Gasteiger partial charge < -0.3 is 10.3 Å². The van der Waals surface area contributed by atoms with E-state index in [4.69, 9.17) is 5.10 Å². The van der Waals surface area contributed by atoms with Crippen LogP contribution in [0.3, 0.4) is 0 Å². The van der Waals surface area contributed by atoms with E-state index in [1.165, 1.54) is 10.9 Å². The molecule has 5 heteroatoms. The largest absolute Gasteiger partial charge is 0.358 e. The van der Waals surface area contributed by atoms with Gasteiger partial charge in [-0.3, -0.25) is 4.68 Å². The first-order valence-corrected chi connectivity index (χ1v) is 7.36. The minimum absolute atomic E-state index is 0.783. The van der Waals surface area contributed by atoms with Crippen LogP contribution in [-0.4, -0.2) is 21.8 Å². The van der Waals surface area contributed by atoms with Gasteiger partial charge in [-0.05, 0) is 36.0 Å². The highest BCUT2D eigenvalue weighted by molar-refractivity contribution is 9.10. The van der Waals surface area contributed by atoms with Gasteiger partial charge in [-0.1, -0.05) is 18.2 Å². The SMILES string of the molecule is CNCc1c(Br)c(-c2c(C)[nH]c3ccccc23)nn1C. The first kappa shape index (κ1) is 13.4. The number of nitrogens with zero attached hydrogens (tertiary/aromatic N) is 2. The second-order valence-electron chi connectivity index (χ2n) is 4.93. The van der Waals surface area contributed by atoms with E-state index in [-0.39, 0.29) is 0 Å². The summed E-state index contributed by atoms with van der Waals surface area (Å²) in [4.78, 5) is 3.43. The van der Waals surface area contributed by atoms with Crippen LogP contribution in [0.15, 0.2) is 28.7 Å². The molecule has 4 nitrogen and oxygen atoms in total. The van der Waals surface area contributed by atoms with Gasteiger partial charge in [0.25, 0.3) is 0 Å². The lowest BCUT2D eigenvalue weighted by molar-refractivity contribution is 0.671. The second kappa shape index (κ2) is 5.07. The van der Waals surface area contributed by atoms with E-state index >= 15 is 0 Å². The van der Waals surface area contributed by atoms with E-state index in [2.05, 4.69) is 51.4 Å². The van der Waals surface area contributed by atoms with Gasteiger partial charge in [0.15, 0.2) is 0 Å². The van der Waals surface area contributed by atoms with Crippen molar-refractivity contribution in [2.75, 3.05) is 7.05 Å². The highest BCUT2D eigenvalue weighted by atomic mass is 79.9. The summed E-state index contributed by atoms with van der Waals surface area (Å²) in [7, 11) is 3.92. The Morgan fingerprint density at radius 2 is 2.10 bits per heavy atom. The molecule has 0 radical (unpaired) electrons. The minimum Gasteiger partial charge on any atom is -0.358 e. The molecule has 0 atom stereocenters. The van der Waals surface area contributed by atoms with Crippen molar-refractivity contribution in [2.24, 2.45) is 7.05 Å². The molecule has 3 aromatic rings. The molecule has 0 aliphatic rings. The maximum Gasteiger partial charge on any atom is 0.109 e.